The van der Waals surface area contributed by atoms with Gasteiger partial charge in [0.15, 0.2) is 0 Å². The third-order valence-electron chi connectivity index (χ3n) is 2.60. The van der Waals surface area contributed by atoms with E-state index in [0.29, 0.717) is 6.54 Å². The summed E-state index contributed by atoms with van der Waals surface area (Å²) in [5.74, 6) is 0. The van der Waals surface area contributed by atoms with E-state index < -0.39 is 0 Å². The molecule has 0 saturated heterocycles. The Morgan fingerprint density at radius 1 is 0.812 bits per heavy atom. The Bertz CT molecular complexity index is 437. The molecule has 0 aliphatic heterocycles. The molecule has 2 aromatic rings. The topological polar surface area (TPSA) is 38.0 Å². The molecule has 2 nitrogen and oxygen atoms in total. The molecule has 82 valence electrons. The Kier molecular flexibility index (Phi) is 3.57. The van der Waals surface area contributed by atoms with E-state index in [1.807, 2.05) is 30.3 Å². The number of hydrogen-bond acceptors (Lipinski definition) is 2. The molecule has 2 aromatic carbocycles. The number of benzene rings is 2. The Balaban J connectivity index is 2.05. The van der Waals surface area contributed by atoms with Gasteiger partial charge in [-0.15, -0.1) is 0 Å². The molecule has 3 N–H and O–H groups in total. The molecule has 0 bridgehead atoms. The quantitative estimate of drug-likeness (QED) is 0.817. The summed E-state index contributed by atoms with van der Waals surface area (Å²) >= 11 is 0. The standard InChI is InChI=1S/C14H16N2/c15-10-12-6-4-5-7-13(12)11-16-14-8-2-1-3-9-14/h1-9,16H,10-11,15H2. The van der Waals surface area contributed by atoms with Crippen LogP contribution in [0.15, 0.2) is 54.6 Å². The highest BCUT2D eigenvalue weighted by molar-refractivity contribution is 5.43. The van der Waals surface area contributed by atoms with Gasteiger partial charge in [0.25, 0.3) is 0 Å². The van der Waals surface area contributed by atoms with Crippen LogP contribution in [0.25, 0.3) is 0 Å². The first-order valence-electron chi connectivity index (χ1n) is 5.46. The number of nitrogens with two attached hydrogens (primary N) is 1. The van der Waals surface area contributed by atoms with E-state index in [9.17, 15) is 0 Å². The van der Waals surface area contributed by atoms with Gasteiger partial charge < -0.3 is 11.1 Å². The highest BCUT2D eigenvalue weighted by atomic mass is 14.9. The number of nitrogens with one attached hydrogen (secondary N) is 1. The number of hydrogen-bond donors (Lipinski definition) is 2. The average molecular weight is 212 g/mol. The zero-order valence-electron chi connectivity index (χ0n) is 9.19. The van der Waals surface area contributed by atoms with Crippen LogP contribution in [0.2, 0.25) is 0 Å². The maximum absolute atomic E-state index is 5.69. The van der Waals surface area contributed by atoms with Crippen LogP contribution in [0.1, 0.15) is 11.1 Å². The van der Waals surface area contributed by atoms with Gasteiger partial charge in [-0.25, -0.2) is 0 Å². The fraction of sp³-hybridized carbons (Fsp3) is 0.143. The normalized spacial score (nSPS) is 10.1. The Morgan fingerprint density at radius 2 is 1.44 bits per heavy atom. The van der Waals surface area contributed by atoms with Gasteiger partial charge in [-0.2, -0.15) is 0 Å². The van der Waals surface area contributed by atoms with Crippen molar-refractivity contribution in [2.45, 2.75) is 13.1 Å². The van der Waals surface area contributed by atoms with Crippen LogP contribution in [-0.2, 0) is 13.1 Å². The van der Waals surface area contributed by atoms with Gasteiger partial charge in [-0.1, -0.05) is 42.5 Å². The van der Waals surface area contributed by atoms with Crippen LogP contribution >= 0.6 is 0 Å². The molecule has 0 unspecified atom stereocenters. The summed E-state index contributed by atoms with van der Waals surface area (Å²) in [5, 5.41) is 3.38. The average Bonchev–Trinajstić information content (AvgIpc) is 2.38. The third kappa shape index (κ3) is 2.61. The van der Waals surface area contributed by atoms with Crippen LogP contribution in [-0.4, -0.2) is 0 Å². The van der Waals surface area contributed by atoms with Crippen LogP contribution in [0.5, 0.6) is 0 Å². The van der Waals surface area contributed by atoms with Gasteiger partial charge >= 0.3 is 0 Å². The summed E-state index contributed by atoms with van der Waals surface area (Å²) < 4.78 is 0. The molecule has 0 aromatic heterocycles. The van der Waals surface area contributed by atoms with Crippen molar-refractivity contribution >= 4 is 5.69 Å². The Hall–Kier alpha value is -1.80. The highest BCUT2D eigenvalue weighted by Crippen LogP contribution is 2.11. The maximum atomic E-state index is 5.69. The third-order valence-corrected chi connectivity index (χ3v) is 2.60. The molecule has 0 heterocycles. The zero-order chi connectivity index (χ0) is 11.2. The molecule has 0 radical (unpaired) electrons. The predicted molar refractivity (Wildman–Crippen MR) is 68.1 cm³/mol. The summed E-state index contributed by atoms with van der Waals surface area (Å²) in [6.07, 6.45) is 0. The van der Waals surface area contributed by atoms with Gasteiger partial charge in [0.05, 0.1) is 0 Å². The second-order valence-corrected chi connectivity index (χ2v) is 3.69. The molecule has 0 saturated carbocycles. The van der Waals surface area contributed by atoms with E-state index >= 15 is 0 Å². The van der Waals surface area contributed by atoms with Gasteiger partial charge in [0.1, 0.15) is 0 Å². The SMILES string of the molecule is NCc1ccccc1CNc1ccccc1. The first kappa shape index (κ1) is 10.7. The zero-order valence-corrected chi connectivity index (χ0v) is 9.19. The van der Waals surface area contributed by atoms with E-state index in [2.05, 4.69) is 29.6 Å². The predicted octanol–water partition coefficient (Wildman–Crippen LogP) is 2.76. The lowest BCUT2D eigenvalue weighted by Crippen LogP contribution is -2.06. The van der Waals surface area contributed by atoms with E-state index in [0.717, 1.165) is 12.2 Å². The van der Waals surface area contributed by atoms with Crippen molar-refractivity contribution in [1.29, 1.82) is 0 Å². The number of para-hydroxylation sites is 1. The lowest BCUT2D eigenvalue weighted by atomic mass is 10.1. The van der Waals surface area contributed by atoms with Crippen molar-refractivity contribution in [3.05, 3.63) is 65.7 Å². The second-order valence-electron chi connectivity index (χ2n) is 3.69. The summed E-state index contributed by atoms with van der Waals surface area (Å²) in [5.41, 5.74) is 9.28. The van der Waals surface area contributed by atoms with Crippen molar-refractivity contribution in [2.75, 3.05) is 5.32 Å². The van der Waals surface area contributed by atoms with Crippen molar-refractivity contribution in [3.63, 3.8) is 0 Å². The monoisotopic (exact) mass is 212 g/mol. The molecule has 16 heavy (non-hydrogen) atoms. The van der Waals surface area contributed by atoms with E-state index in [-0.39, 0.29) is 0 Å². The van der Waals surface area contributed by atoms with Gasteiger partial charge in [0, 0.05) is 18.8 Å². The lowest BCUT2D eigenvalue weighted by Gasteiger charge is -2.09. The number of anilines is 1. The fourth-order valence-corrected chi connectivity index (χ4v) is 1.68. The molecule has 0 aliphatic carbocycles. The summed E-state index contributed by atoms with van der Waals surface area (Å²) in [6, 6.07) is 18.4. The minimum Gasteiger partial charge on any atom is -0.381 e. The molecular formula is C14H16N2. The van der Waals surface area contributed by atoms with Crippen molar-refractivity contribution in [3.8, 4) is 0 Å². The second kappa shape index (κ2) is 5.33. The van der Waals surface area contributed by atoms with E-state index in [1.54, 1.807) is 0 Å². The fourth-order valence-electron chi connectivity index (χ4n) is 1.68. The van der Waals surface area contributed by atoms with Crippen LogP contribution in [0.3, 0.4) is 0 Å². The molecule has 2 heteroatoms. The highest BCUT2D eigenvalue weighted by Gasteiger charge is 1.98. The van der Waals surface area contributed by atoms with E-state index in [1.165, 1.54) is 11.1 Å². The molecule has 0 fully saturated rings. The van der Waals surface area contributed by atoms with Crippen LogP contribution < -0.4 is 11.1 Å². The maximum Gasteiger partial charge on any atom is 0.0404 e. The van der Waals surface area contributed by atoms with Crippen molar-refractivity contribution in [1.82, 2.24) is 0 Å². The Morgan fingerprint density at radius 3 is 2.12 bits per heavy atom. The molecule has 0 amide bonds. The first-order chi connectivity index (χ1) is 7.90. The van der Waals surface area contributed by atoms with Gasteiger partial charge in [-0.3, -0.25) is 0 Å². The van der Waals surface area contributed by atoms with Crippen LogP contribution in [0.4, 0.5) is 5.69 Å². The van der Waals surface area contributed by atoms with Gasteiger partial charge in [-0.05, 0) is 23.3 Å². The smallest absolute Gasteiger partial charge is 0.0404 e. The first-order valence-corrected chi connectivity index (χ1v) is 5.46. The largest absolute Gasteiger partial charge is 0.381 e. The molecule has 2 rings (SSSR count). The van der Waals surface area contributed by atoms with Crippen molar-refractivity contribution < 1.29 is 0 Å². The van der Waals surface area contributed by atoms with Gasteiger partial charge in [0.2, 0.25) is 0 Å². The summed E-state index contributed by atoms with van der Waals surface area (Å²) in [6.45, 7) is 1.41. The number of rotatable bonds is 4. The lowest BCUT2D eigenvalue weighted by molar-refractivity contribution is 1.01. The van der Waals surface area contributed by atoms with Crippen molar-refractivity contribution in [2.24, 2.45) is 5.73 Å². The minimum absolute atomic E-state index is 0.590. The minimum atomic E-state index is 0.590. The summed E-state index contributed by atoms with van der Waals surface area (Å²) in [4.78, 5) is 0. The van der Waals surface area contributed by atoms with E-state index in [4.69, 9.17) is 5.73 Å². The van der Waals surface area contributed by atoms with Crippen LogP contribution in [0, 0.1) is 0 Å². The molecule has 0 spiro atoms. The molecule has 0 atom stereocenters. The summed E-state index contributed by atoms with van der Waals surface area (Å²) in [7, 11) is 0. The molecule has 0 aliphatic rings. The Labute approximate surface area is 96.1 Å². The molecular weight excluding hydrogens is 196 g/mol.